The van der Waals surface area contributed by atoms with E-state index in [0.29, 0.717) is 0 Å². The molecule has 1 rings (SSSR count). The van der Waals surface area contributed by atoms with Gasteiger partial charge in [-0.15, -0.1) is 0 Å². The highest BCUT2D eigenvalue weighted by molar-refractivity contribution is 6.49. The lowest BCUT2D eigenvalue weighted by atomic mass is 9.95. The van der Waals surface area contributed by atoms with Gasteiger partial charge >= 0.3 is 29.0 Å². The van der Waals surface area contributed by atoms with E-state index >= 15 is 0 Å². The lowest BCUT2D eigenvalue weighted by Crippen LogP contribution is -2.65. The first-order chi connectivity index (χ1) is 7.96. The quantitative estimate of drug-likeness (QED) is 0.452. The number of hydrogen-bond donors (Lipinski definition) is 0. The Hall–Kier alpha value is 0.200. The Bertz CT molecular complexity index is 390. The minimum absolute atomic E-state index is 3.08. The van der Waals surface area contributed by atoms with Crippen LogP contribution in [-0.4, -0.2) is 33.5 Å². The Morgan fingerprint density at radius 3 is 1.26 bits per heavy atom. The lowest BCUT2D eigenvalue weighted by Gasteiger charge is -2.34. The van der Waals surface area contributed by atoms with Gasteiger partial charge in [-0.2, -0.15) is 35.1 Å². The molecular weight excluding hydrogens is 365 g/mol. The number of alkyl halides is 12. The normalized spacial score (nSPS) is 38.5. The van der Waals surface area contributed by atoms with Crippen LogP contribution in [0.3, 0.4) is 0 Å². The van der Waals surface area contributed by atoms with Crippen LogP contribution in [0.25, 0.3) is 0 Å². The van der Waals surface area contributed by atoms with E-state index < -0.39 is 33.5 Å². The first-order valence-electron chi connectivity index (χ1n) is 3.93. The van der Waals surface area contributed by atoms with Crippen molar-refractivity contribution in [1.29, 1.82) is 0 Å². The minimum atomic E-state index is -6.58. The van der Waals surface area contributed by atoms with Crippen molar-refractivity contribution in [2.45, 2.75) is 33.5 Å². The molecule has 114 valence electrons. The zero-order chi connectivity index (χ0) is 15.7. The average Bonchev–Trinajstić information content (AvgIpc) is 2.21. The van der Waals surface area contributed by atoms with Crippen molar-refractivity contribution in [3.63, 3.8) is 0 Å². The van der Waals surface area contributed by atoms with Gasteiger partial charge in [-0.3, -0.25) is 0 Å². The van der Waals surface area contributed by atoms with Crippen molar-refractivity contribution in [3.05, 3.63) is 0 Å². The molecule has 0 spiro atoms. The molecule has 0 radical (unpaired) electrons. The maximum Gasteiger partial charge on any atom is 0.438 e. The molecular formula is C6Cl3F9O. The van der Waals surface area contributed by atoms with Gasteiger partial charge in [-0.05, 0) is 0 Å². The standard InChI is InChI=1S/C6Cl3F9O/c7-2(6(16,17)18)3(11,12)1(10,5(13,14)15)4(8,9)19-2/t1-,2-/m0/s1. The summed E-state index contributed by atoms with van der Waals surface area (Å²) in [6.45, 7) is 0. The molecule has 0 aromatic rings. The van der Waals surface area contributed by atoms with Crippen LogP contribution in [0.5, 0.6) is 0 Å². The average molecular weight is 365 g/mol. The molecule has 1 saturated heterocycles. The van der Waals surface area contributed by atoms with Gasteiger partial charge in [0.05, 0.1) is 0 Å². The third kappa shape index (κ3) is 1.82. The molecule has 1 aliphatic heterocycles. The van der Waals surface area contributed by atoms with E-state index in [-0.39, 0.29) is 0 Å². The van der Waals surface area contributed by atoms with Gasteiger partial charge in [0.25, 0.3) is 4.52 Å². The summed E-state index contributed by atoms with van der Waals surface area (Å²) in [7, 11) is 0. The first-order valence-corrected chi connectivity index (χ1v) is 5.06. The lowest BCUT2D eigenvalue weighted by molar-refractivity contribution is -0.322. The van der Waals surface area contributed by atoms with Crippen LogP contribution in [-0.2, 0) is 4.74 Å². The van der Waals surface area contributed by atoms with Crippen LogP contribution >= 0.6 is 34.8 Å². The zero-order valence-corrected chi connectivity index (χ0v) is 10.2. The van der Waals surface area contributed by atoms with E-state index in [0.717, 1.165) is 0 Å². The third-order valence-corrected chi connectivity index (χ3v) is 3.47. The molecule has 1 fully saturated rings. The molecule has 0 bridgehead atoms. The van der Waals surface area contributed by atoms with E-state index in [1.54, 1.807) is 0 Å². The number of ether oxygens (including phenoxy) is 1. The number of rotatable bonds is 0. The van der Waals surface area contributed by atoms with Gasteiger partial charge in [-0.1, -0.05) is 34.8 Å². The fourth-order valence-electron chi connectivity index (χ4n) is 1.29. The predicted molar refractivity (Wildman–Crippen MR) is 45.0 cm³/mol. The molecule has 0 N–H and O–H groups in total. The Labute approximate surface area is 113 Å². The fraction of sp³-hybridized carbons (Fsp3) is 1.00. The first kappa shape index (κ1) is 17.3. The molecule has 0 aromatic heterocycles. The van der Waals surface area contributed by atoms with Gasteiger partial charge in [-0.25, -0.2) is 4.39 Å². The Morgan fingerprint density at radius 1 is 0.737 bits per heavy atom. The van der Waals surface area contributed by atoms with Gasteiger partial charge in [0.15, 0.2) is 0 Å². The van der Waals surface area contributed by atoms with E-state index in [4.69, 9.17) is 0 Å². The summed E-state index contributed by atoms with van der Waals surface area (Å²) in [5.41, 5.74) is -6.06. The summed E-state index contributed by atoms with van der Waals surface area (Å²) in [6.07, 6.45) is -12.9. The van der Waals surface area contributed by atoms with Crippen LogP contribution in [0.4, 0.5) is 39.5 Å². The molecule has 13 heteroatoms. The number of halogens is 12. The SMILES string of the molecule is FC(F)(F)[C@@]1(Cl)OC(Cl)(Cl)[C@](F)(C(F)(F)F)C1(F)F. The molecule has 0 aromatic carbocycles. The van der Waals surface area contributed by atoms with Crippen LogP contribution in [0.2, 0.25) is 0 Å². The molecule has 1 nitrogen and oxygen atoms in total. The van der Waals surface area contributed by atoms with Crippen molar-refractivity contribution >= 4 is 34.8 Å². The Balaban J connectivity index is 3.62. The molecule has 2 atom stereocenters. The van der Waals surface area contributed by atoms with Crippen molar-refractivity contribution in [2.75, 3.05) is 0 Å². The maximum atomic E-state index is 13.6. The highest BCUT2D eigenvalue weighted by Gasteiger charge is 2.97. The Morgan fingerprint density at radius 2 is 1.11 bits per heavy atom. The van der Waals surface area contributed by atoms with Gasteiger partial charge < -0.3 is 4.74 Å². The summed E-state index contributed by atoms with van der Waals surface area (Å²) in [4.78, 5) is 0. The molecule has 1 aliphatic rings. The predicted octanol–water partition coefficient (Wildman–Crippen LogP) is 4.55. The maximum absolute atomic E-state index is 13.6. The molecule has 0 amide bonds. The van der Waals surface area contributed by atoms with Crippen LogP contribution in [0.1, 0.15) is 0 Å². The summed E-state index contributed by atoms with van der Waals surface area (Å²) in [5.74, 6) is -6.33. The Kier molecular flexibility index (Phi) is 3.53. The van der Waals surface area contributed by atoms with Gasteiger partial charge in [0, 0.05) is 0 Å². The fourth-order valence-corrected chi connectivity index (χ4v) is 2.30. The van der Waals surface area contributed by atoms with Crippen LogP contribution in [0, 0.1) is 0 Å². The van der Waals surface area contributed by atoms with Crippen molar-refractivity contribution in [2.24, 2.45) is 0 Å². The zero-order valence-electron chi connectivity index (χ0n) is 7.94. The molecule has 1 heterocycles. The van der Waals surface area contributed by atoms with E-state index in [2.05, 4.69) is 39.5 Å². The van der Waals surface area contributed by atoms with Gasteiger partial charge in [0.1, 0.15) is 0 Å². The molecule has 0 unspecified atom stereocenters. The molecule has 0 aliphatic carbocycles. The van der Waals surface area contributed by atoms with Crippen molar-refractivity contribution in [1.82, 2.24) is 0 Å². The van der Waals surface area contributed by atoms with Crippen molar-refractivity contribution in [3.8, 4) is 0 Å². The minimum Gasteiger partial charge on any atom is -0.307 e. The largest absolute Gasteiger partial charge is 0.438 e. The second-order valence-electron chi connectivity index (χ2n) is 3.44. The summed E-state index contributed by atoms with van der Waals surface area (Å²) in [5, 5.41) is -5.37. The van der Waals surface area contributed by atoms with Crippen molar-refractivity contribution < 1.29 is 44.3 Å². The second-order valence-corrected chi connectivity index (χ2v) is 5.23. The van der Waals surface area contributed by atoms with E-state index in [9.17, 15) is 39.5 Å². The summed E-state index contributed by atoms with van der Waals surface area (Å²) in [6, 6.07) is 0. The number of hydrogen-bond acceptors (Lipinski definition) is 1. The topological polar surface area (TPSA) is 9.23 Å². The highest BCUT2D eigenvalue weighted by Crippen LogP contribution is 2.70. The second kappa shape index (κ2) is 3.89. The summed E-state index contributed by atoms with van der Waals surface area (Å²) >= 11 is 13.3. The van der Waals surface area contributed by atoms with E-state index in [1.807, 2.05) is 0 Å². The van der Waals surface area contributed by atoms with Crippen LogP contribution in [0.15, 0.2) is 0 Å². The van der Waals surface area contributed by atoms with Crippen LogP contribution < -0.4 is 0 Å². The van der Waals surface area contributed by atoms with Gasteiger partial charge in [0.2, 0.25) is 0 Å². The monoisotopic (exact) mass is 364 g/mol. The smallest absolute Gasteiger partial charge is 0.307 e. The third-order valence-electron chi connectivity index (χ3n) is 2.26. The molecule has 19 heavy (non-hydrogen) atoms. The highest BCUT2D eigenvalue weighted by atomic mass is 35.5. The molecule has 0 saturated carbocycles. The van der Waals surface area contributed by atoms with E-state index in [1.165, 1.54) is 0 Å². The summed E-state index contributed by atoms with van der Waals surface area (Å²) < 4.78 is 113.